The number of hydrogen-bond acceptors (Lipinski definition) is 4. The monoisotopic (exact) mass is 401 g/mol. The van der Waals surface area contributed by atoms with E-state index >= 15 is 0 Å². The van der Waals surface area contributed by atoms with Crippen LogP contribution in [0.4, 0.5) is 10.1 Å². The maximum absolute atomic E-state index is 13.4. The number of amides is 1. The Bertz CT molecular complexity index is 1340. The smallest absolute Gasteiger partial charge is 0.261 e. The Balaban J connectivity index is 1.83. The first-order chi connectivity index (χ1) is 14.4. The number of benzene rings is 2. The fraction of sp³-hybridized carbons (Fsp3) is 0.0435. The molecule has 0 saturated heterocycles. The van der Waals surface area contributed by atoms with Gasteiger partial charge in [-0.25, -0.2) is 9.37 Å². The van der Waals surface area contributed by atoms with E-state index in [1.165, 1.54) is 43.6 Å². The Morgan fingerprint density at radius 1 is 1.03 bits per heavy atom. The molecule has 6 nitrogen and oxygen atoms in total. The van der Waals surface area contributed by atoms with Crippen LogP contribution in [0.1, 0.15) is 27.6 Å². The molecule has 148 valence electrons. The van der Waals surface area contributed by atoms with Crippen molar-refractivity contribution in [2.45, 2.75) is 6.92 Å². The molecule has 1 N–H and O–H groups in total. The second-order valence-corrected chi connectivity index (χ2v) is 6.68. The summed E-state index contributed by atoms with van der Waals surface area (Å²) in [7, 11) is 0. The van der Waals surface area contributed by atoms with E-state index in [0.29, 0.717) is 22.6 Å². The molecule has 2 heterocycles. The van der Waals surface area contributed by atoms with Crippen molar-refractivity contribution in [2.75, 3.05) is 5.32 Å². The van der Waals surface area contributed by atoms with Crippen LogP contribution in [0.3, 0.4) is 0 Å². The second-order valence-electron chi connectivity index (χ2n) is 6.68. The second kappa shape index (κ2) is 7.71. The molecule has 4 rings (SSSR count). The third kappa shape index (κ3) is 3.60. The van der Waals surface area contributed by atoms with E-state index in [-0.39, 0.29) is 16.7 Å². The summed E-state index contributed by atoms with van der Waals surface area (Å²) in [5.41, 5.74) is 1.16. The number of rotatable bonds is 4. The van der Waals surface area contributed by atoms with Crippen molar-refractivity contribution in [1.82, 2.24) is 9.55 Å². The molecule has 0 atom stereocenters. The molecule has 0 fully saturated rings. The lowest BCUT2D eigenvalue weighted by atomic mass is 10.1. The van der Waals surface area contributed by atoms with Crippen molar-refractivity contribution in [3.05, 3.63) is 100 Å². The predicted molar refractivity (Wildman–Crippen MR) is 112 cm³/mol. The summed E-state index contributed by atoms with van der Waals surface area (Å²) in [5, 5.41) is 2.92. The van der Waals surface area contributed by atoms with Crippen molar-refractivity contribution in [3.63, 3.8) is 0 Å². The molecule has 0 aliphatic heterocycles. The zero-order valence-electron chi connectivity index (χ0n) is 15.9. The molecule has 0 bridgehead atoms. The van der Waals surface area contributed by atoms with Crippen molar-refractivity contribution in [1.29, 1.82) is 0 Å². The van der Waals surface area contributed by atoms with Gasteiger partial charge in [-0.2, -0.15) is 0 Å². The molecule has 4 aromatic rings. The first-order valence-electron chi connectivity index (χ1n) is 9.13. The average molecular weight is 401 g/mol. The molecule has 1 amide bonds. The Morgan fingerprint density at radius 2 is 1.80 bits per heavy atom. The van der Waals surface area contributed by atoms with Gasteiger partial charge >= 0.3 is 0 Å². The maximum atomic E-state index is 13.4. The van der Waals surface area contributed by atoms with Gasteiger partial charge in [-0.05, 0) is 55.5 Å². The lowest BCUT2D eigenvalue weighted by molar-refractivity contribution is 0.101. The van der Waals surface area contributed by atoms with E-state index in [4.69, 9.17) is 0 Å². The number of nitrogens with zero attached hydrogens (tertiary/aromatic N) is 2. The van der Waals surface area contributed by atoms with Gasteiger partial charge in [0.25, 0.3) is 5.91 Å². The van der Waals surface area contributed by atoms with Crippen LogP contribution >= 0.6 is 0 Å². The normalized spacial score (nSPS) is 10.7. The highest BCUT2D eigenvalue weighted by Gasteiger charge is 2.17. The van der Waals surface area contributed by atoms with Gasteiger partial charge in [0.05, 0.1) is 5.39 Å². The quantitative estimate of drug-likeness (QED) is 0.525. The summed E-state index contributed by atoms with van der Waals surface area (Å²) in [6.45, 7) is 1.43. The molecule has 0 saturated carbocycles. The number of hydrogen-bond donors (Lipinski definition) is 1. The zero-order chi connectivity index (χ0) is 21.3. The van der Waals surface area contributed by atoms with Gasteiger partial charge in [0.2, 0.25) is 5.43 Å². The summed E-state index contributed by atoms with van der Waals surface area (Å²) in [6, 6.07) is 15.3. The highest BCUT2D eigenvalue weighted by Crippen LogP contribution is 2.18. The standard InChI is InChI=1S/C23H16FN3O3/c1-14(28)15-4-2-5-17(12-15)26-23(30)20-13-27(18-9-7-16(24)8-10-18)22-19(21(20)29)6-3-11-25-22/h2-13H,1H3,(H,26,30). The van der Waals surface area contributed by atoms with E-state index in [1.54, 1.807) is 41.0 Å². The number of nitrogens with one attached hydrogen (secondary N) is 1. The summed E-state index contributed by atoms with van der Waals surface area (Å²) >= 11 is 0. The summed E-state index contributed by atoms with van der Waals surface area (Å²) in [4.78, 5) is 41.7. The van der Waals surface area contributed by atoms with E-state index < -0.39 is 17.2 Å². The lowest BCUT2D eigenvalue weighted by Gasteiger charge is -2.13. The van der Waals surface area contributed by atoms with Crippen LogP contribution in [0, 0.1) is 5.82 Å². The molecule has 0 unspecified atom stereocenters. The molecule has 2 aromatic carbocycles. The molecular formula is C23H16FN3O3. The van der Waals surface area contributed by atoms with Crippen molar-refractivity contribution >= 4 is 28.4 Å². The fourth-order valence-corrected chi connectivity index (χ4v) is 3.13. The topological polar surface area (TPSA) is 81.1 Å². The largest absolute Gasteiger partial charge is 0.322 e. The summed E-state index contributed by atoms with van der Waals surface area (Å²) in [5.74, 6) is -1.16. The minimum absolute atomic E-state index is 0.104. The van der Waals surface area contributed by atoms with Crippen molar-refractivity contribution < 1.29 is 14.0 Å². The maximum Gasteiger partial charge on any atom is 0.261 e. The number of carbonyl (C=O) groups excluding carboxylic acids is 2. The first-order valence-corrected chi connectivity index (χ1v) is 9.13. The number of pyridine rings is 2. The number of aromatic nitrogens is 2. The van der Waals surface area contributed by atoms with E-state index in [2.05, 4.69) is 10.3 Å². The van der Waals surface area contributed by atoms with E-state index in [0.717, 1.165) is 0 Å². The molecule has 0 radical (unpaired) electrons. The highest BCUT2D eigenvalue weighted by molar-refractivity contribution is 6.06. The van der Waals surface area contributed by atoms with Crippen LogP contribution in [0.5, 0.6) is 0 Å². The molecule has 0 aliphatic carbocycles. The fourth-order valence-electron chi connectivity index (χ4n) is 3.13. The van der Waals surface area contributed by atoms with Gasteiger partial charge in [-0.1, -0.05) is 12.1 Å². The zero-order valence-corrected chi connectivity index (χ0v) is 15.9. The van der Waals surface area contributed by atoms with Crippen molar-refractivity contribution in [2.24, 2.45) is 0 Å². The molecule has 2 aromatic heterocycles. The van der Waals surface area contributed by atoms with E-state index in [9.17, 15) is 18.8 Å². The predicted octanol–water partition coefficient (Wildman–Crippen LogP) is 3.98. The number of Topliss-reactive ketones (excluding diaryl/α,β-unsaturated/α-hetero) is 1. The van der Waals surface area contributed by atoms with Crippen LogP contribution in [0.2, 0.25) is 0 Å². The molecule has 7 heteroatoms. The van der Waals surface area contributed by atoms with Gasteiger partial charge in [0.15, 0.2) is 5.78 Å². The van der Waals surface area contributed by atoms with Gasteiger partial charge in [0, 0.05) is 29.3 Å². The Labute approximate surface area is 170 Å². The van der Waals surface area contributed by atoms with Crippen LogP contribution < -0.4 is 10.7 Å². The number of carbonyl (C=O) groups is 2. The SMILES string of the molecule is CC(=O)c1cccc(NC(=O)c2cn(-c3ccc(F)cc3)c3ncccc3c2=O)c1. The van der Waals surface area contributed by atoms with Gasteiger partial charge in [0.1, 0.15) is 17.0 Å². The molecule has 30 heavy (non-hydrogen) atoms. The third-order valence-electron chi connectivity index (χ3n) is 4.64. The number of fused-ring (bicyclic) bond motifs is 1. The van der Waals surface area contributed by atoms with Crippen LogP contribution in [-0.4, -0.2) is 21.2 Å². The average Bonchev–Trinajstić information content (AvgIpc) is 2.75. The number of halogens is 1. The molecular weight excluding hydrogens is 385 g/mol. The number of anilines is 1. The van der Waals surface area contributed by atoms with Gasteiger partial charge in [-0.15, -0.1) is 0 Å². The van der Waals surface area contributed by atoms with Crippen LogP contribution in [0.25, 0.3) is 16.7 Å². The Morgan fingerprint density at radius 3 is 2.53 bits per heavy atom. The molecule has 0 spiro atoms. The Hall–Kier alpha value is -4.13. The summed E-state index contributed by atoms with van der Waals surface area (Å²) in [6.07, 6.45) is 2.92. The third-order valence-corrected chi connectivity index (χ3v) is 4.64. The van der Waals surface area contributed by atoms with E-state index in [1.807, 2.05) is 0 Å². The summed E-state index contributed by atoms with van der Waals surface area (Å²) < 4.78 is 14.9. The minimum Gasteiger partial charge on any atom is -0.322 e. The first kappa shape index (κ1) is 19.2. The lowest BCUT2D eigenvalue weighted by Crippen LogP contribution is -2.24. The van der Waals surface area contributed by atoms with Crippen LogP contribution in [-0.2, 0) is 0 Å². The minimum atomic E-state index is -0.623. The van der Waals surface area contributed by atoms with Gasteiger partial charge < -0.3 is 9.88 Å². The Kier molecular flexibility index (Phi) is 4.93. The molecule has 0 aliphatic rings. The van der Waals surface area contributed by atoms with Crippen molar-refractivity contribution in [3.8, 4) is 5.69 Å². The van der Waals surface area contributed by atoms with Crippen LogP contribution in [0.15, 0.2) is 77.9 Å². The van der Waals surface area contributed by atoms with Gasteiger partial charge in [-0.3, -0.25) is 14.4 Å². The number of ketones is 1. The highest BCUT2D eigenvalue weighted by atomic mass is 19.1.